The lowest BCUT2D eigenvalue weighted by Gasteiger charge is -2.18. The number of ether oxygens (including phenoxy) is 3. The van der Waals surface area contributed by atoms with Gasteiger partial charge in [0, 0.05) is 19.3 Å². The summed E-state index contributed by atoms with van der Waals surface area (Å²) in [5, 5.41) is 0. The summed E-state index contributed by atoms with van der Waals surface area (Å²) in [6.07, 6.45) is 87.8. The van der Waals surface area contributed by atoms with Gasteiger partial charge < -0.3 is 14.2 Å². The van der Waals surface area contributed by atoms with Crippen molar-refractivity contribution in [3.63, 3.8) is 0 Å². The van der Waals surface area contributed by atoms with Crippen molar-refractivity contribution in [2.24, 2.45) is 0 Å². The lowest BCUT2D eigenvalue weighted by Crippen LogP contribution is -2.30. The largest absolute Gasteiger partial charge is 0.462 e. The van der Waals surface area contributed by atoms with Crippen LogP contribution in [0.1, 0.15) is 425 Å². The highest BCUT2D eigenvalue weighted by molar-refractivity contribution is 5.71. The van der Waals surface area contributed by atoms with Gasteiger partial charge in [-0.15, -0.1) is 0 Å². The molecule has 0 aliphatic carbocycles. The van der Waals surface area contributed by atoms with Crippen molar-refractivity contribution in [2.75, 3.05) is 13.2 Å². The number of allylic oxidation sites excluding steroid dienone is 4. The Hall–Kier alpha value is -2.11. The van der Waals surface area contributed by atoms with E-state index >= 15 is 0 Å². The lowest BCUT2D eigenvalue weighted by molar-refractivity contribution is -0.167. The van der Waals surface area contributed by atoms with Gasteiger partial charge in [0.25, 0.3) is 0 Å². The predicted octanol–water partition coefficient (Wildman–Crippen LogP) is 25.7. The maximum Gasteiger partial charge on any atom is 0.306 e. The van der Waals surface area contributed by atoms with Crippen molar-refractivity contribution < 1.29 is 28.6 Å². The van der Waals surface area contributed by atoms with Gasteiger partial charge in [-0.1, -0.05) is 360 Å². The Morgan fingerprint density at radius 1 is 0.232 bits per heavy atom. The summed E-state index contributed by atoms with van der Waals surface area (Å²) in [6.45, 7) is 6.73. The quantitative estimate of drug-likeness (QED) is 0.0261. The van der Waals surface area contributed by atoms with Gasteiger partial charge in [0.05, 0.1) is 0 Å². The van der Waals surface area contributed by atoms with Gasteiger partial charge >= 0.3 is 17.9 Å². The van der Waals surface area contributed by atoms with E-state index in [9.17, 15) is 14.4 Å². The molecule has 0 saturated heterocycles. The Kier molecular flexibility index (Phi) is 69.5. The first-order chi connectivity index (χ1) is 40.5. The molecule has 0 aromatic carbocycles. The van der Waals surface area contributed by atoms with Crippen molar-refractivity contribution >= 4 is 17.9 Å². The monoisotopic (exact) mass is 1150 g/mol. The maximum absolute atomic E-state index is 13.0. The third-order valence-corrected chi connectivity index (χ3v) is 17.2. The Balaban J connectivity index is 4.28. The zero-order chi connectivity index (χ0) is 59.2. The molecule has 0 saturated carbocycles. The second-order valence-corrected chi connectivity index (χ2v) is 25.6. The van der Waals surface area contributed by atoms with E-state index in [2.05, 4.69) is 45.1 Å². The van der Waals surface area contributed by atoms with Crippen molar-refractivity contribution in [3.8, 4) is 0 Å². The minimum absolute atomic E-state index is 0.0656. The van der Waals surface area contributed by atoms with Crippen LogP contribution in [0.15, 0.2) is 24.3 Å². The highest BCUT2D eigenvalue weighted by Crippen LogP contribution is 2.19. The first-order valence-electron chi connectivity index (χ1n) is 37.3. The van der Waals surface area contributed by atoms with Crippen LogP contribution in [0.25, 0.3) is 0 Å². The molecule has 0 fully saturated rings. The van der Waals surface area contributed by atoms with Crippen molar-refractivity contribution in [1.82, 2.24) is 0 Å². The van der Waals surface area contributed by atoms with Gasteiger partial charge in [-0.2, -0.15) is 0 Å². The number of carbonyl (C=O) groups is 3. The molecule has 6 nitrogen and oxygen atoms in total. The molecule has 0 bridgehead atoms. The molecular formula is C76H144O6. The molecule has 82 heavy (non-hydrogen) atoms. The fourth-order valence-electron chi connectivity index (χ4n) is 11.6. The van der Waals surface area contributed by atoms with Crippen LogP contribution in [0.3, 0.4) is 0 Å². The maximum atomic E-state index is 13.0. The van der Waals surface area contributed by atoms with Gasteiger partial charge in [-0.3, -0.25) is 14.4 Å². The predicted molar refractivity (Wildman–Crippen MR) is 358 cm³/mol. The molecular weight excluding hydrogens is 1010 g/mol. The molecule has 484 valence electrons. The van der Waals surface area contributed by atoms with Gasteiger partial charge in [0.1, 0.15) is 13.2 Å². The smallest absolute Gasteiger partial charge is 0.306 e. The van der Waals surface area contributed by atoms with E-state index in [4.69, 9.17) is 14.2 Å². The molecule has 0 aromatic rings. The standard InChI is InChI=1S/C76H144O6/c1-4-7-10-13-16-19-22-25-28-31-34-36-37-38-39-40-43-45-48-51-54-57-60-63-66-69-75(78)81-72-73(71-80-74(77)68-65-62-59-56-53-50-47-44-41-33-30-27-24-21-18-15-12-9-6-3)82-76(79)70-67-64-61-58-55-52-49-46-42-35-32-29-26-23-20-17-14-11-8-5-2/h27,30-31,34,73H,4-26,28-29,32-33,35-72H2,1-3H3/b30-27-,34-31-. The average Bonchev–Trinajstić information content (AvgIpc) is 3.47. The Labute approximate surface area is 513 Å². The number of hydrogen-bond acceptors (Lipinski definition) is 6. The topological polar surface area (TPSA) is 78.9 Å². The SMILES string of the molecule is CCCCCCCC/C=C\CCCCCCCCCCCC(=O)OCC(COC(=O)CCCCCCCCCCCCCCC/C=C\CCCCCCCCCC)OC(=O)CCCCCCCCCCCCCCCCCCCCCC. The molecule has 0 rings (SSSR count). The van der Waals surface area contributed by atoms with E-state index < -0.39 is 6.10 Å². The van der Waals surface area contributed by atoms with E-state index in [1.54, 1.807) is 0 Å². The molecule has 0 aliphatic rings. The molecule has 0 amide bonds. The van der Waals surface area contributed by atoms with Crippen LogP contribution in [0.2, 0.25) is 0 Å². The first-order valence-corrected chi connectivity index (χ1v) is 37.3. The zero-order valence-electron chi connectivity index (χ0n) is 55.8. The summed E-state index contributed by atoms with van der Waals surface area (Å²) in [6, 6.07) is 0. The number of unbranched alkanes of at least 4 members (excludes halogenated alkanes) is 55. The summed E-state index contributed by atoms with van der Waals surface area (Å²) in [5.41, 5.74) is 0. The van der Waals surface area contributed by atoms with Crippen LogP contribution in [0.4, 0.5) is 0 Å². The number of hydrogen-bond donors (Lipinski definition) is 0. The van der Waals surface area contributed by atoms with E-state index in [1.807, 2.05) is 0 Å². The van der Waals surface area contributed by atoms with Crippen LogP contribution in [-0.4, -0.2) is 37.2 Å². The number of esters is 3. The summed E-state index contributed by atoms with van der Waals surface area (Å²) >= 11 is 0. The van der Waals surface area contributed by atoms with Crippen molar-refractivity contribution in [1.29, 1.82) is 0 Å². The summed E-state index contributed by atoms with van der Waals surface area (Å²) in [4.78, 5) is 38.5. The molecule has 0 N–H and O–H groups in total. The minimum Gasteiger partial charge on any atom is -0.462 e. The Morgan fingerprint density at radius 2 is 0.402 bits per heavy atom. The van der Waals surface area contributed by atoms with E-state index in [0.29, 0.717) is 19.3 Å². The fourth-order valence-corrected chi connectivity index (χ4v) is 11.6. The Morgan fingerprint density at radius 3 is 0.610 bits per heavy atom. The fraction of sp³-hybridized carbons (Fsp3) is 0.908. The van der Waals surface area contributed by atoms with E-state index in [1.165, 1.54) is 327 Å². The normalized spacial score (nSPS) is 12.1. The van der Waals surface area contributed by atoms with Crippen LogP contribution in [0, 0.1) is 0 Å². The van der Waals surface area contributed by atoms with Crippen molar-refractivity contribution in [3.05, 3.63) is 24.3 Å². The summed E-state index contributed by atoms with van der Waals surface area (Å²) in [5.74, 6) is -0.831. The average molecular weight is 1150 g/mol. The summed E-state index contributed by atoms with van der Waals surface area (Å²) in [7, 11) is 0. The molecule has 0 heterocycles. The number of rotatable bonds is 70. The zero-order valence-corrected chi connectivity index (χ0v) is 55.8. The third kappa shape index (κ3) is 68.7. The highest BCUT2D eigenvalue weighted by atomic mass is 16.6. The van der Waals surface area contributed by atoms with E-state index in [-0.39, 0.29) is 31.1 Å². The van der Waals surface area contributed by atoms with Crippen LogP contribution in [-0.2, 0) is 28.6 Å². The lowest BCUT2D eigenvalue weighted by atomic mass is 10.0. The molecule has 0 radical (unpaired) electrons. The second kappa shape index (κ2) is 71.4. The van der Waals surface area contributed by atoms with Gasteiger partial charge in [0.15, 0.2) is 6.10 Å². The second-order valence-electron chi connectivity index (χ2n) is 25.6. The molecule has 0 aliphatic heterocycles. The van der Waals surface area contributed by atoms with Crippen LogP contribution < -0.4 is 0 Å². The minimum atomic E-state index is -0.770. The molecule has 6 heteroatoms. The van der Waals surface area contributed by atoms with Crippen LogP contribution >= 0.6 is 0 Å². The number of carbonyl (C=O) groups excluding carboxylic acids is 3. The highest BCUT2D eigenvalue weighted by Gasteiger charge is 2.20. The van der Waals surface area contributed by atoms with Gasteiger partial charge in [0.2, 0.25) is 0 Å². The molecule has 0 spiro atoms. The third-order valence-electron chi connectivity index (χ3n) is 17.2. The summed E-state index contributed by atoms with van der Waals surface area (Å²) < 4.78 is 17.1. The van der Waals surface area contributed by atoms with Gasteiger partial charge in [-0.05, 0) is 70.6 Å². The Bertz CT molecular complexity index is 1320. The van der Waals surface area contributed by atoms with E-state index in [0.717, 1.165) is 57.8 Å². The van der Waals surface area contributed by atoms with Gasteiger partial charge in [-0.25, -0.2) is 0 Å². The van der Waals surface area contributed by atoms with Crippen LogP contribution in [0.5, 0.6) is 0 Å². The van der Waals surface area contributed by atoms with Crippen molar-refractivity contribution in [2.45, 2.75) is 431 Å². The molecule has 0 aromatic heterocycles. The molecule has 1 unspecified atom stereocenters. The molecule has 1 atom stereocenters. The first kappa shape index (κ1) is 79.9.